The van der Waals surface area contributed by atoms with Crippen LogP contribution in [-0.4, -0.2) is 19.2 Å². The van der Waals surface area contributed by atoms with E-state index in [1.54, 1.807) is 14.2 Å². The highest BCUT2D eigenvalue weighted by Gasteiger charge is 2.13. The van der Waals surface area contributed by atoms with Gasteiger partial charge in [-0.1, -0.05) is 6.07 Å². The van der Waals surface area contributed by atoms with E-state index in [1.807, 2.05) is 6.07 Å². The van der Waals surface area contributed by atoms with Crippen molar-refractivity contribution in [3.63, 3.8) is 0 Å². The largest absolute Gasteiger partial charge is 0.497 e. The van der Waals surface area contributed by atoms with Gasteiger partial charge < -0.3 is 14.5 Å². The number of hydrogen-bond acceptors (Lipinski definition) is 2. The van der Waals surface area contributed by atoms with Crippen molar-refractivity contribution in [1.29, 1.82) is 0 Å². The predicted molar refractivity (Wildman–Crippen MR) is 78.4 cm³/mol. The van der Waals surface area contributed by atoms with Crippen LogP contribution in [0.5, 0.6) is 11.5 Å². The summed E-state index contributed by atoms with van der Waals surface area (Å²) in [5.41, 5.74) is 4.67. The van der Waals surface area contributed by atoms with Gasteiger partial charge in [-0.05, 0) is 37.1 Å². The highest BCUT2D eigenvalue weighted by atomic mass is 16.5. The summed E-state index contributed by atoms with van der Waals surface area (Å²) in [6, 6.07) is 8.31. The lowest BCUT2D eigenvalue weighted by Gasteiger charge is -2.06. The lowest BCUT2D eigenvalue weighted by Crippen LogP contribution is -1.88. The summed E-state index contributed by atoms with van der Waals surface area (Å²) in [5, 5.41) is 2.38. The van der Waals surface area contributed by atoms with Crippen molar-refractivity contribution < 1.29 is 9.47 Å². The molecule has 0 atom stereocenters. The maximum Gasteiger partial charge on any atom is 0.146 e. The average Bonchev–Trinajstić information content (AvgIpc) is 2.75. The first kappa shape index (κ1) is 11.9. The molecule has 0 aliphatic rings. The number of aryl methyl sites for hydroxylation is 2. The normalized spacial score (nSPS) is 11.2. The Morgan fingerprint density at radius 3 is 2.42 bits per heavy atom. The van der Waals surface area contributed by atoms with Crippen molar-refractivity contribution in [2.24, 2.45) is 0 Å². The van der Waals surface area contributed by atoms with Crippen LogP contribution in [0.1, 0.15) is 11.1 Å². The van der Waals surface area contributed by atoms with E-state index in [0.717, 1.165) is 27.9 Å². The van der Waals surface area contributed by atoms with E-state index in [4.69, 9.17) is 9.47 Å². The molecule has 0 fully saturated rings. The second-order valence-corrected chi connectivity index (χ2v) is 4.88. The van der Waals surface area contributed by atoms with E-state index in [-0.39, 0.29) is 0 Å². The van der Waals surface area contributed by atoms with Crippen LogP contribution in [-0.2, 0) is 0 Å². The molecule has 0 bridgehead atoms. The first-order valence-electron chi connectivity index (χ1n) is 6.28. The molecule has 3 rings (SSSR count). The van der Waals surface area contributed by atoms with Gasteiger partial charge in [0.1, 0.15) is 11.5 Å². The predicted octanol–water partition coefficient (Wildman–Crippen LogP) is 3.96. The SMILES string of the molecule is COc1cc(OC)c2[nH]c3cc(C)cc(C)c3c2c1. The molecule has 0 aliphatic heterocycles. The molecule has 0 unspecified atom stereocenters. The van der Waals surface area contributed by atoms with Gasteiger partial charge in [-0.15, -0.1) is 0 Å². The van der Waals surface area contributed by atoms with Gasteiger partial charge in [0.15, 0.2) is 0 Å². The van der Waals surface area contributed by atoms with Crippen molar-refractivity contribution in [3.05, 3.63) is 35.4 Å². The Kier molecular flexibility index (Phi) is 2.63. The summed E-state index contributed by atoms with van der Waals surface area (Å²) < 4.78 is 10.8. The molecule has 0 amide bonds. The van der Waals surface area contributed by atoms with Crippen LogP contribution in [0.2, 0.25) is 0 Å². The molecule has 0 radical (unpaired) electrons. The third-order valence-electron chi connectivity index (χ3n) is 3.54. The number of methoxy groups -OCH3 is 2. The number of benzene rings is 2. The van der Waals surface area contributed by atoms with Gasteiger partial charge in [-0.2, -0.15) is 0 Å². The number of hydrogen-bond donors (Lipinski definition) is 1. The van der Waals surface area contributed by atoms with Gasteiger partial charge in [0.25, 0.3) is 0 Å². The number of H-pyrrole nitrogens is 1. The fourth-order valence-electron chi connectivity index (χ4n) is 2.75. The first-order chi connectivity index (χ1) is 9.13. The molecule has 2 aromatic carbocycles. The number of rotatable bonds is 2. The van der Waals surface area contributed by atoms with Crippen LogP contribution in [0, 0.1) is 13.8 Å². The Hall–Kier alpha value is -2.16. The van der Waals surface area contributed by atoms with Crippen molar-refractivity contribution >= 4 is 21.8 Å². The van der Waals surface area contributed by atoms with Gasteiger partial charge in [-0.3, -0.25) is 0 Å². The van der Waals surface area contributed by atoms with E-state index < -0.39 is 0 Å². The van der Waals surface area contributed by atoms with Gasteiger partial charge in [0, 0.05) is 22.4 Å². The molecule has 0 spiro atoms. The van der Waals surface area contributed by atoms with Gasteiger partial charge in [0.05, 0.1) is 19.7 Å². The van der Waals surface area contributed by atoms with E-state index in [9.17, 15) is 0 Å². The molecule has 3 nitrogen and oxygen atoms in total. The number of ether oxygens (including phenoxy) is 2. The van der Waals surface area contributed by atoms with Crippen molar-refractivity contribution in [2.75, 3.05) is 14.2 Å². The third-order valence-corrected chi connectivity index (χ3v) is 3.54. The molecule has 1 aromatic heterocycles. The van der Waals surface area contributed by atoms with Crippen LogP contribution in [0.4, 0.5) is 0 Å². The Bertz CT molecular complexity index is 771. The summed E-state index contributed by atoms with van der Waals surface area (Å²) in [4.78, 5) is 3.45. The second kappa shape index (κ2) is 4.19. The maximum absolute atomic E-state index is 5.46. The molecule has 19 heavy (non-hydrogen) atoms. The summed E-state index contributed by atoms with van der Waals surface area (Å²) in [7, 11) is 3.35. The fraction of sp³-hybridized carbons (Fsp3) is 0.250. The molecule has 3 aromatic rings. The standard InChI is InChI=1S/C16H17NO2/c1-9-5-10(2)15-12-7-11(18-3)8-14(19-4)16(12)17-13(15)6-9/h5-8,17H,1-4H3. The summed E-state index contributed by atoms with van der Waals surface area (Å²) in [5.74, 6) is 1.62. The minimum absolute atomic E-state index is 0.808. The molecule has 1 N–H and O–H groups in total. The summed E-state index contributed by atoms with van der Waals surface area (Å²) in [6.07, 6.45) is 0. The highest BCUT2D eigenvalue weighted by molar-refractivity contribution is 6.11. The van der Waals surface area contributed by atoms with Crippen LogP contribution in [0.3, 0.4) is 0 Å². The van der Waals surface area contributed by atoms with Crippen LogP contribution >= 0.6 is 0 Å². The highest BCUT2D eigenvalue weighted by Crippen LogP contribution is 2.37. The van der Waals surface area contributed by atoms with Gasteiger partial charge in [-0.25, -0.2) is 0 Å². The van der Waals surface area contributed by atoms with Crippen LogP contribution in [0.15, 0.2) is 24.3 Å². The average molecular weight is 255 g/mol. The van der Waals surface area contributed by atoms with Crippen molar-refractivity contribution in [2.45, 2.75) is 13.8 Å². The lowest BCUT2D eigenvalue weighted by atomic mass is 10.0. The van der Waals surface area contributed by atoms with Crippen molar-refractivity contribution in [3.8, 4) is 11.5 Å². The van der Waals surface area contributed by atoms with Gasteiger partial charge >= 0.3 is 0 Å². The summed E-state index contributed by atoms with van der Waals surface area (Å²) in [6.45, 7) is 4.24. The zero-order chi connectivity index (χ0) is 13.6. The van der Waals surface area contributed by atoms with Crippen LogP contribution in [0.25, 0.3) is 21.8 Å². The Balaban J connectivity index is 2.50. The smallest absolute Gasteiger partial charge is 0.146 e. The third kappa shape index (κ3) is 1.73. The maximum atomic E-state index is 5.46. The molecule has 0 aliphatic carbocycles. The quantitative estimate of drug-likeness (QED) is 0.752. The number of nitrogens with one attached hydrogen (secondary N) is 1. The zero-order valence-corrected chi connectivity index (χ0v) is 11.6. The van der Waals surface area contributed by atoms with Crippen molar-refractivity contribution in [1.82, 2.24) is 4.98 Å². The molecule has 3 heteroatoms. The minimum Gasteiger partial charge on any atom is -0.497 e. The number of fused-ring (bicyclic) bond motifs is 3. The molecular weight excluding hydrogens is 238 g/mol. The monoisotopic (exact) mass is 255 g/mol. The Morgan fingerprint density at radius 2 is 1.74 bits per heavy atom. The number of aromatic nitrogens is 1. The minimum atomic E-state index is 0.808. The van der Waals surface area contributed by atoms with Gasteiger partial charge in [0.2, 0.25) is 0 Å². The number of aromatic amines is 1. The zero-order valence-electron chi connectivity index (χ0n) is 11.6. The molecule has 98 valence electrons. The first-order valence-corrected chi connectivity index (χ1v) is 6.28. The molecule has 0 saturated carbocycles. The summed E-state index contributed by atoms with van der Waals surface area (Å²) >= 11 is 0. The van der Waals surface area contributed by atoms with E-state index in [2.05, 4.69) is 37.0 Å². The van der Waals surface area contributed by atoms with E-state index in [1.165, 1.54) is 16.5 Å². The molecule has 1 heterocycles. The Morgan fingerprint density at radius 1 is 0.947 bits per heavy atom. The molecule has 0 saturated heterocycles. The van der Waals surface area contributed by atoms with E-state index in [0.29, 0.717) is 0 Å². The topological polar surface area (TPSA) is 34.2 Å². The second-order valence-electron chi connectivity index (χ2n) is 4.88. The molecular formula is C16H17NO2. The Labute approximate surface area is 112 Å². The van der Waals surface area contributed by atoms with Crippen LogP contribution < -0.4 is 9.47 Å². The lowest BCUT2D eigenvalue weighted by molar-refractivity contribution is 0.397. The fourth-order valence-corrected chi connectivity index (χ4v) is 2.75. The van der Waals surface area contributed by atoms with E-state index >= 15 is 0 Å².